The van der Waals surface area contributed by atoms with E-state index in [1.807, 2.05) is 0 Å². The van der Waals surface area contributed by atoms with Gasteiger partial charge in [-0.3, -0.25) is 0 Å². The van der Waals surface area contributed by atoms with E-state index in [0.717, 1.165) is 12.2 Å². The summed E-state index contributed by atoms with van der Waals surface area (Å²) in [5, 5.41) is 3.23. The molecule has 104 valence electrons. The number of rotatable bonds is 7. The van der Waals surface area contributed by atoms with Crippen molar-refractivity contribution in [2.45, 2.75) is 32.4 Å². The van der Waals surface area contributed by atoms with Crippen molar-refractivity contribution in [2.24, 2.45) is 5.92 Å². The number of thioether (sulfide) groups is 1. The zero-order valence-electron chi connectivity index (χ0n) is 10.5. The van der Waals surface area contributed by atoms with Crippen molar-refractivity contribution in [3.8, 4) is 0 Å². The number of nitrogens with zero attached hydrogens (tertiary/aromatic N) is 2. The van der Waals surface area contributed by atoms with Gasteiger partial charge in [-0.15, -0.1) is 0 Å². The minimum Gasteiger partial charge on any atom is -0.336 e. The Hall–Kier alpha value is -0.690. The van der Waals surface area contributed by atoms with E-state index in [0.29, 0.717) is 19.0 Å². The summed E-state index contributed by atoms with van der Waals surface area (Å²) in [6.07, 6.45) is 3.35. The summed E-state index contributed by atoms with van der Waals surface area (Å²) in [6, 6.07) is 0. The summed E-state index contributed by atoms with van der Waals surface area (Å²) >= 11 is -0.00480. The zero-order valence-corrected chi connectivity index (χ0v) is 11.3. The van der Waals surface area contributed by atoms with E-state index in [9.17, 15) is 13.2 Å². The Labute approximate surface area is 109 Å². The molecule has 0 bridgehead atoms. The fraction of sp³-hybridized carbons (Fsp3) is 0.727. The highest BCUT2D eigenvalue weighted by Gasteiger charge is 2.27. The minimum absolute atomic E-state index is 0.00480. The molecule has 0 fully saturated rings. The fourth-order valence-corrected chi connectivity index (χ4v) is 1.91. The molecule has 0 saturated carbocycles. The molecule has 1 heterocycles. The Kier molecular flexibility index (Phi) is 6.01. The molecule has 7 heteroatoms. The van der Waals surface area contributed by atoms with E-state index in [1.165, 1.54) is 0 Å². The van der Waals surface area contributed by atoms with Crippen LogP contribution in [0.15, 0.2) is 12.5 Å². The number of aromatic nitrogens is 2. The number of alkyl halides is 3. The van der Waals surface area contributed by atoms with E-state index in [-0.39, 0.29) is 17.5 Å². The van der Waals surface area contributed by atoms with Gasteiger partial charge in [-0.05, 0) is 24.2 Å². The van der Waals surface area contributed by atoms with Gasteiger partial charge in [0, 0.05) is 25.0 Å². The molecular formula is C11H18F3N3S. The Morgan fingerprint density at radius 3 is 2.78 bits per heavy atom. The van der Waals surface area contributed by atoms with Crippen molar-refractivity contribution in [3.63, 3.8) is 0 Å². The van der Waals surface area contributed by atoms with Crippen molar-refractivity contribution in [3.05, 3.63) is 18.2 Å². The van der Waals surface area contributed by atoms with Gasteiger partial charge in [0.2, 0.25) is 0 Å². The van der Waals surface area contributed by atoms with Gasteiger partial charge < -0.3 is 9.88 Å². The SMILES string of the molecule is CC(C)CNCc1cn(CCSC(F)(F)F)cn1. The lowest BCUT2D eigenvalue weighted by molar-refractivity contribution is -0.0328. The lowest BCUT2D eigenvalue weighted by Crippen LogP contribution is -2.19. The average molecular weight is 281 g/mol. The van der Waals surface area contributed by atoms with Crippen LogP contribution in [0.1, 0.15) is 19.5 Å². The van der Waals surface area contributed by atoms with Crippen molar-refractivity contribution >= 4 is 11.8 Å². The number of halogens is 3. The van der Waals surface area contributed by atoms with Crippen molar-refractivity contribution < 1.29 is 13.2 Å². The van der Waals surface area contributed by atoms with Crippen LogP contribution in [0, 0.1) is 5.92 Å². The van der Waals surface area contributed by atoms with Crippen molar-refractivity contribution in [1.82, 2.24) is 14.9 Å². The standard InChI is InChI=1S/C11H18F3N3S/c1-9(2)5-15-6-10-7-17(8-16-10)3-4-18-11(12,13)14/h7-9,15H,3-6H2,1-2H3. The van der Waals surface area contributed by atoms with Crippen molar-refractivity contribution in [1.29, 1.82) is 0 Å². The van der Waals surface area contributed by atoms with E-state index in [4.69, 9.17) is 0 Å². The molecule has 0 amide bonds. The maximum Gasteiger partial charge on any atom is 0.441 e. The van der Waals surface area contributed by atoms with Gasteiger partial charge in [-0.2, -0.15) is 13.2 Å². The summed E-state index contributed by atoms with van der Waals surface area (Å²) < 4.78 is 37.5. The van der Waals surface area contributed by atoms with Gasteiger partial charge >= 0.3 is 5.51 Å². The molecule has 1 N–H and O–H groups in total. The summed E-state index contributed by atoms with van der Waals surface area (Å²) in [5.74, 6) is 0.578. The number of aryl methyl sites for hydroxylation is 1. The molecule has 0 saturated heterocycles. The third-order valence-corrected chi connectivity index (χ3v) is 2.87. The molecule has 1 rings (SSSR count). The number of hydrogen-bond acceptors (Lipinski definition) is 3. The summed E-state index contributed by atoms with van der Waals surface area (Å²) in [5.41, 5.74) is -3.30. The molecule has 1 aromatic heterocycles. The Morgan fingerprint density at radius 1 is 1.44 bits per heavy atom. The van der Waals surface area contributed by atoms with E-state index < -0.39 is 5.51 Å². The predicted octanol–water partition coefficient (Wildman–Crippen LogP) is 2.88. The van der Waals surface area contributed by atoms with E-state index >= 15 is 0 Å². The van der Waals surface area contributed by atoms with E-state index in [2.05, 4.69) is 24.1 Å². The first-order valence-corrected chi connectivity index (χ1v) is 6.77. The van der Waals surface area contributed by atoms with Gasteiger partial charge in [0.15, 0.2) is 0 Å². The average Bonchev–Trinajstić information content (AvgIpc) is 2.63. The smallest absolute Gasteiger partial charge is 0.336 e. The first-order chi connectivity index (χ1) is 8.37. The molecular weight excluding hydrogens is 263 g/mol. The largest absolute Gasteiger partial charge is 0.441 e. The summed E-state index contributed by atoms with van der Waals surface area (Å²) in [6.45, 7) is 6.09. The highest BCUT2D eigenvalue weighted by atomic mass is 32.2. The maximum atomic E-state index is 11.9. The van der Waals surface area contributed by atoms with Crippen LogP contribution < -0.4 is 5.32 Å². The monoisotopic (exact) mass is 281 g/mol. The minimum atomic E-state index is -4.15. The predicted molar refractivity (Wildman–Crippen MR) is 67.3 cm³/mol. The van der Waals surface area contributed by atoms with Crippen LogP contribution in [0.2, 0.25) is 0 Å². The van der Waals surface area contributed by atoms with Gasteiger partial charge in [0.25, 0.3) is 0 Å². The molecule has 0 spiro atoms. The number of nitrogens with one attached hydrogen (secondary N) is 1. The normalized spacial score (nSPS) is 12.3. The summed E-state index contributed by atoms with van der Waals surface area (Å²) in [7, 11) is 0. The van der Waals surface area contributed by atoms with Crippen LogP contribution in [-0.2, 0) is 13.1 Å². The molecule has 0 aliphatic rings. The number of hydrogen-bond donors (Lipinski definition) is 1. The van der Waals surface area contributed by atoms with Gasteiger partial charge in [0.05, 0.1) is 12.0 Å². The number of imidazole rings is 1. The van der Waals surface area contributed by atoms with Crippen LogP contribution in [0.3, 0.4) is 0 Å². The Morgan fingerprint density at radius 2 is 2.17 bits per heavy atom. The molecule has 0 aromatic carbocycles. The second-order valence-electron chi connectivity index (χ2n) is 4.42. The molecule has 0 aliphatic carbocycles. The molecule has 0 aliphatic heterocycles. The third kappa shape index (κ3) is 6.90. The van der Waals surface area contributed by atoms with Crippen LogP contribution in [0.25, 0.3) is 0 Å². The topological polar surface area (TPSA) is 29.9 Å². The van der Waals surface area contributed by atoms with E-state index in [1.54, 1.807) is 17.1 Å². The van der Waals surface area contributed by atoms with Gasteiger partial charge in [-0.25, -0.2) is 4.98 Å². The highest BCUT2D eigenvalue weighted by Crippen LogP contribution is 2.29. The lowest BCUT2D eigenvalue weighted by atomic mass is 10.2. The van der Waals surface area contributed by atoms with Crippen LogP contribution in [0.4, 0.5) is 13.2 Å². The van der Waals surface area contributed by atoms with Crippen molar-refractivity contribution in [2.75, 3.05) is 12.3 Å². The molecule has 3 nitrogen and oxygen atoms in total. The quantitative estimate of drug-likeness (QED) is 0.833. The molecule has 0 unspecified atom stereocenters. The van der Waals surface area contributed by atoms with Crippen LogP contribution >= 0.6 is 11.8 Å². The third-order valence-electron chi connectivity index (χ3n) is 2.16. The van der Waals surface area contributed by atoms with Crippen LogP contribution in [-0.4, -0.2) is 27.4 Å². The second-order valence-corrected chi connectivity index (χ2v) is 5.58. The Bertz CT molecular complexity index is 350. The first kappa shape index (κ1) is 15.4. The van der Waals surface area contributed by atoms with Crippen LogP contribution in [0.5, 0.6) is 0 Å². The molecule has 1 aromatic rings. The highest BCUT2D eigenvalue weighted by molar-refractivity contribution is 8.00. The summed E-state index contributed by atoms with van der Waals surface area (Å²) in [4.78, 5) is 4.14. The van der Waals surface area contributed by atoms with Gasteiger partial charge in [0.1, 0.15) is 0 Å². The molecule has 18 heavy (non-hydrogen) atoms. The fourth-order valence-electron chi connectivity index (χ4n) is 1.38. The second kappa shape index (κ2) is 7.04. The first-order valence-electron chi connectivity index (χ1n) is 5.79. The molecule has 0 atom stereocenters. The zero-order chi connectivity index (χ0) is 13.6. The Balaban J connectivity index is 2.26. The van der Waals surface area contributed by atoms with Gasteiger partial charge in [-0.1, -0.05) is 13.8 Å². The maximum absolute atomic E-state index is 11.9. The molecule has 0 radical (unpaired) electrons. The lowest BCUT2D eigenvalue weighted by Gasteiger charge is -2.06.